The van der Waals surface area contributed by atoms with Crippen LogP contribution in [-0.4, -0.2) is 6.04 Å². The summed E-state index contributed by atoms with van der Waals surface area (Å²) in [6.45, 7) is 2.93. The lowest BCUT2D eigenvalue weighted by Gasteiger charge is -2.11. The Bertz CT molecular complexity index is 635. The molecular formula is C17H17BrFN. The molecule has 20 heavy (non-hydrogen) atoms. The van der Waals surface area contributed by atoms with Gasteiger partial charge in [0.1, 0.15) is 5.82 Å². The van der Waals surface area contributed by atoms with Crippen molar-refractivity contribution in [2.45, 2.75) is 32.4 Å². The van der Waals surface area contributed by atoms with Crippen molar-refractivity contribution >= 4 is 15.9 Å². The highest BCUT2D eigenvalue weighted by Gasteiger charge is 2.20. The van der Waals surface area contributed by atoms with E-state index in [1.54, 1.807) is 6.07 Å². The van der Waals surface area contributed by atoms with Gasteiger partial charge in [0.25, 0.3) is 0 Å². The number of nitrogens with one attached hydrogen (secondary N) is 1. The molecule has 0 unspecified atom stereocenters. The predicted octanol–water partition coefficient (Wildman–Crippen LogP) is 4.82. The van der Waals surface area contributed by atoms with Crippen molar-refractivity contribution < 1.29 is 4.39 Å². The number of rotatable bonds is 4. The van der Waals surface area contributed by atoms with Gasteiger partial charge in [0.05, 0.1) is 4.47 Å². The van der Waals surface area contributed by atoms with Gasteiger partial charge in [0, 0.05) is 18.2 Å². The molecule has 104 valence electrons. The fraction of sp³-hybridized carbons (Fsp3) is 0.294. The van der Waals surface area contributed by atoms with E-state index in [0.717, 1.165) is 17.7 Å². The van der Waals surface area contributed by atoms with Gasteiger partial charge in [0.2, 0.25) is 0 Å². The van der Waals surface area contributed by atoms with Crippen LogP contribution in [0.4, 0.5) is 4.39 Å². The summed E-state index contributed by atoms with van der Waals surface area (Å²) in [5.74, 6) is -0.195. The highest BCUT2D eigenvalue weighted by atomic mass is 79.9. The van der Waals surface area contributed by atoms with Crippen LogP contribution in [0.5, 0.6) is 0 Å². The minimum atomic E-state index is -0.195. The molecule has 1 nitrogen and oxygen atoms in total. The van der Waals surface area contributed by atoms with Crippen molar-refractivity contribution in [3.63, 3.8) is 0 Å². The van der Waals surface area contributed by atoms with Crippen LogP contribution in [0, 0.1) is 12.7 Å². The molecule has 0 heterocycles. The lowest BCUT2D eigenvalue weighted by molar-refractivity contribution is 0.624. The molecule has 0 radical (unpaired) electrons. The van der Waals surface area contributed by atoms with E-state index >= 15 is 0 Å². The first kappa shape index (κ1) is 13.8. The molecule has 0 aliphatic heterocycles. The summed E-state index contributed by atoms with van der Waals surface area (Å²) >= 11 is 3.25. The second-order valence-corrected chi connectivity index (χ2v) is 6.26. The van der Waals surface area contributed by atoms with E-state index < -0.39 is 0 Å². The normalized spacial score (nSPS) is 14.6. The van der Waals surface area contributed by atoms with Crippen LogP contribution < -0.4 is 5.32 Å². The Morgan fingerprint density at radius 1 is 1.20 bits per heavy atom. The molecule has 2 aromatic rings. The zero-order chi connectivity index (χ0) is 14.1. The first-order valence-electron chi connectivity index (χ1n) is 6.92. The molecule has 0 bridgehead atoms. The number of halogens is 2. The molecule has 3 rings (SSSR count). The van der Waals surface area contributed by atoms with Crippen molar-refractivity contribution in [2.75, 3.05) is 0 Å². The molecule has 1 saturated carbocycles. The monoisotopic (exact) mass is 333 g/mol. The van der Waals surface area contributed by atoms with Crippen molar-refractivity contribution in [3.8, 4) is 11.1 Å². The van der Waals surface area contributed by atoms with E-state index in [1.165, 1.54) is 18.4 Å². The zero-order valence-electron chi connectivity index (χ0n) is 11.4. The van der Waals surface area contributed by atoms with E-state index in [0.29, 0.717) is 16.1 Å². The van der Waals surface area contributed by atoms with Gasteiger partial charge >= 0.3 is 0 Å². The van der Waals surface area contributed by atoms with Crippen molar-refractivity contribution in [2.24, 2.45) is 0 Å². The van der Waals surface area contributed by atoms with Crippen molar-refractivity contribution in [1.82, 2.24) is 5.32 Å². The van der Waals surface area contributed by atoms with Gasteiger partial charge in [0.15, 0.2) is 0 Å². The summed E-state index contributed by atoms with van der Waals surface area (Å²) in [6, 6.07) is 12.4. The van der Waals surface area contributed by atoms with Gasteiger partial charge in [-0.25, -0.2) is 4.39 Å². The fourth-order valence-electron chi connectivity index (χ4n) is 2.40. The van der Waals surface area contributed by atoms with E-state index in [-0.39, 0.29) is 5.82 Å². The molecule has 1 fully saturated rings. The van der Waals surface area contributed by atoms with Gasteiger partial charge in [-0.1, -0.05) is 30.3 Å². The Hall–Kier alpha value is -1.19. The molecule has 1 aliphatic carbocycles. The van der Waals surface area contributed by atoms with Crippen LogP contribution in [0.2, 0.25) is 0 Å². The molecular weight excluding hydrogens is 317 g/mol. The van der Waals surface area contributed by atoms with E-state index in [1.807, 2.05) is 25.1 Å². The van der Waals surface area contributed by atoms with Crippen LogP contribution in [0.1, 0.15) is 24.0 Å². The fourth-order valence-corrected chi connectivity index (χ4v) is 2.77. The van der Waals surface area contributed by atoms with E-state index in [2.05, 4.69) is 33.4 Å². The average molecular weight is 334 g/mol. The Morgan fingerprint density at radius 2 is 2.00 bits per heavy atom. The highest BCUT2D eigenvalue weighted by molar-refractivity contribution is 9.10. The summed E-state index contributed by atoms with van der Waals surface area (Å²) in [4.78, 5) is 0. The smallest absolute Gasteiger partial charge is 0.145 e. The second-order valence-electron chi connectivity index (χ2n) is 5.41. The molecule has 0 amide bonds. The van der Waals surface area contributed by atoms with Gasteiger partial charge < -0.3 is 5.32 Å². The summed E-state index contributed by atoms with van der Waals surface area (Å²) in [5.41, 5.74) is 3.98. The number of aryl methyl sites for hydroxylation is 1. The van der Waals surface area contributed by atoms with E-state index in [9.17, 15) is 4.39 Å². The van der Waals surface area contributed by atoms with E-state index in [4.69, 9.17) is 0 Å². The third-order valence-electron chi connectivity index (χ3n) is 3.70. The highest BCUT2D eigenvalue weighted by Crippen LogP contribution is 2.30. The molecule has 1 N–H and O–H groups in total. The molecule has 0 saturated heterocycles. The van der Waals surface area contributed by atoms with Gasteiger partial charge in [-0.15, -0.1) is 0 Å². The first-order chi connectivity index (χ1) is 9.65. The largest absolute Gasteiger partial charge is 0.310 e. The maximum Gasteiger partial charge on any atom is 0.145 e. The third kappa shape index (κ3) is 2.94. The number of hydrogen-bond acceptors (Lipinski definition) is 1. The standard InChI is InChI=1S/C17H17BrFN/c1-11-9-12(10-20-13-6-7-13)5-8-14(11)15-3-2-4-16(18)17(15)19/h2-5,8-9,13,20H,6-7,10H2,1H3. The second kappa shape index (κ2) is 5.66. The zero-order valence-corrected chi connectivity index (χ0v) is 13.0. The van der Waals surface area contributed by atoms with Crippen LogP contribution in [0.25, 0.3) is 11.1 Å². The minimum Gasteiger partial charge on any atom is -0.310 e. The Labute approximate surface area is 127 Å². The summed E-state index contributed by atoms with van der Waals surface area (Å²) in [7, 11) is 0. The minimum absolute atomic E-state index is 0.195. The predicted molar refractivity (Wildman–Crippen MR) is 84.1 cm³/mol. The van der Waals surface area contributed by atoms with Crippen LogP contribution in [0.3, 0.4) is 0 Å². The molecule has 0 aromatic heterocycles. The Balaban J connectivity index is 1.87. The third-order valence-corrected chi connectivity index (χ3v) is 4.32. The lowest BCUT2D eigenvalue weighted by atomic mass is 9.98. The SMILES string of the molecule is Cc1cc(CNC2CC2)ccc1-c1cccc(Br)c1F. The topological polar surface area (TPSA) is 12.0 Å². The van der Waals surface area contributed by atoms with Gasteiger partial charge in [-0.05, 0) is 58.5 Å². The van der Waals surface area contributed by atoms with Crippen LogP contribution >= 0.6 is 15.9 Å². The summed E-state index contributed by atoms with van der Waals surface area (Å²) in [5, 5.41) is 3.50. The summed E-state index contributed by atoms with van der Waals surface area (Å²) in [6.07, 6.45) is 2.58. The molecule has 2 aromatic carbocycles. The van der Waals surface area contributed by atoms with Crippen LogP contribution in [0.15, 0.2) is 40.9 Å². The number of benzene rings is 2. The van der Waals surface area contributed by atoms with Crippen LogP contribution in [-0.2, 0) is 6.54 Å². The Kier molecular flexibility index (Phi) is 3.90. The lowest BCUT2D eigenvalue weighted by Crippen LogP contribution is -2.15. The van der Waals surface area contributed by atoms with Crippen molar-refractivity contribution in [3.05, 3.63) is 57.8 Å². The Morgan fingerprint density at radius 3 is 2.70 bits per heavy atom. The number of hydrogen-bond donors (Lipinski definition) is 1. The molecule has 0 atom stereocenters. The molecule has 1 aliphatic rings. The first-order valence-corrected chi connectivity index (χ1v) is 7.72. The van der Waals surface area contributed by atoms with Gasteiger partial charge in [-0.2, -0.15) is 0 Å². The summed E-state index contributed by atoms with van der Waals surface area (Å²) < 4.78 is 14.7. The molecule has 3 heteroatoms. The maximum atomic E-state index is 14.2. The molecule has 0 spiro atoms. The van der Waals surface area contributed by atoms with Crippen molar-refractivity contribution in [1.29, 1.82) is 0 Å². The average Bonchev–Trinajstić information content (AvgIpc) is 3.24. The van der Waals surface area contributed by atoms with Gasteiger partial charge in [-0.3, -0.25) is 0 Å². The quantitative estimate of drug-likeness (QED) is 0.846. The maximum absolute atomic E-state index is 14.2.